The summed E-state index contributed by atoms with van der Waals surface area (Å²) in [5.41, 5.74) is 5.97. The standard InChI is InChI=1S/C41H23N3O2/c1-2-10-25-21-27(18-17-24(25)9-1)39-42-40(28-19-20-31-30-13-5-7-15-33(30)45-35(31)23-28)44-41(43-39)38-29-12-4-3-11-26(29)22-36-37(38)32-14-6-8-16-34(32)46-36/h1-23H. The number of nitrogens with zero attached hydrogens (tertiary/aromatic N) is 3. The lowest BCUT2D eigenvalue weighted by Crippen LogP contribution is -2.01. The molecule has 214 valence electrons. The maximum Gasteiger partial charge on any atom is 0.165 e. The number of fused-ring (bicyclic) bond motifs is 8. The second kappa shape index (κ2) is 9.58. The van der Waals surface area contributed by atoms with Gasteiger partial charge < -0.3 is 8.83 Å². The van der Waals surface area contributed by atoms with Gasteiger partial charge in [-0.3, -0.25) is 0 Å². The van der Waals surface area contributed by atoms with E-state index in [0.717, 1.165) is 82.1 Å². The summed E-state index contributed by atoms with van der Waals surface area (Å²) in [6.07, 6.45) is 0. The number of benzene rings is 7. The maximum absolute atomic E-state index is 6.39. The van der Waals surface area contributed by atoms with Crippen molar-refractivity contribution in [2.45, 2.75) is 0 Å². The highest BCUT2D eigenvalue weighted by molar-refractivity contribution is 6.20. The van der Waals surface area contributed by atoms with E-state index in [-0.39, 0.29) is 0 Å². The molecule has 0 spiro atoms. The van der Waals surface area contributed by atoms with Crippen LogP contribution < -0.4 is 0 Å². The van der Waals surface area contributed by atoms with Gasteiger partial charge >= 0.3 is 0 Å². The topological polar surface area (TPSA) is 65.0 Å². The van der Waals surface area contributed by atoms with Gasteiger partial charge in [0.15, 0.2) is 17.5 Å². The average Bonchev–Trinajstić information content (AvgIpc) is 3.67. The molecule has 7 aromatic carbocycles. The van der Waals surface area contributed by atoms with Gasteiger partial charge in [0, 0.05) is 38.2 Å². The van der Waals surface area contributed by atoms with Gasteiger partial charge in [-0.15, -0.1) is 0 Å². The summed E-state index contributed by atoms with van der Waals surface area (Å²) >= 11 is 0. The van der Waals surface area contributed by atoms with Crippen LogP contribution in [0.4, 0.5) is 0 Å². The van der Waals surface area contributed by atoms with E-state index in [2.05, 4.69) is 91.0 Å². The molecule has 0 aliphatic heterocycles. The fraction of sp³-hybridized carbons (Fsp3) is 0. The zero-order valence-corrected chi connectivity index (χ0v) is 24.4. The van der Waals surface area contributed by atoms with Crippen molar-refractivity contribution >= 4 is 65.4 Å². The molecule has 3 aromatic heterocycles. The second-order valence-corrected chi connectivity index (χ2v) is 11.6. The summed E-state index contributed by atoms with van der Waals surface area (Å²) in [7, 11) is 0. The molecule has 10 aromatic rings. The lowest BCUT2D eigenvalue weighted by molar-refractivity contribution is 0.669. The van der Waals surface area contributed by atoms with Crippen LogP contribution in [-0.4, -0.2) is 15.0 Å². The Kier molecular flexibility index (Phi) is 5.22. The van der Waals surface area contributed by atoms with Crippen LogP contribution in [0.25, 0.3) is 99.6 Å². The van der Waals surface area contributed by atoms with Crippen molar-refractivity contribution in [1.82, 2.24) is 15.0 Å². The fourth-order valence-corrected chi connectivity index (χ4v) is 6.72. The van der Waals surface area contributed by atoms with Crippen LogP contribution in [-0.2, 0) is 0 Å². The highest BCUT2D eigenvalue weighted by Crippen LogP contribution is 2.41. The Morgan fingerprint density at radius 3 is 1.74 bits per heavy atom. The lowest BCUT2D eigenvalue weighted by atomic mass is 9.97. The first-order chi connectivity index (χ1) is 22.8. The normalized spacial score (nSPS) is 11.9. The molecule has 0 aliphatic carbocycles. The van der Waals surface area contributed by atoms with Crippen molar-refractivity contribution in [2.24, 2.45) is 0 Å². The summed E-state index contributed by atoms with van der Waals surface area (Å²) in [6, 6.07) is 47.6. The van der Waals surface area contributed by atoms with Crippen molar-refractivity contribution in [3.05, 3.63) is 140 Å². The SMILES string of the molecule is c1ccc2cc(-c3nc(-c4ccc5c(c4)oc4ccccc45)nc(-c4c5ccccc5cc5oc6ccccc6c45)n3)ccc2c1. The monoisotopic (exact) mass is 589 g/mol. The zero-order chi connectivity index (χ0) is 30.2. The molecule has 3 heterocycles. The van der Waals surface area contributed by atoms with Crippen LogP contribution >= 0.6 is 0 Å². The minimum absolute atomic E-state index is 0.574. The van der Waals surface area contributed by atoms with E-state index in [1.54, 1.807) is 0 Å². The number of hydrogen-bond donors (Lipinski definition) is 0. The van der Waals surface area contributed by atoms with Crippen LogP contribution in [0, 0.1) is 0 Å². The molecule has 0 atom stereocenters. The molecule has 0 N–H and O–H groups in total. The van der Waals surface area contributed by atoms with Gasteiger partial charge in [-0.1, -0.05) is 103 Å². The van der Waals surface area contributed by atoms with Crippen LogP contribution in [0.3, 0.4) is 0 Å². The van der Waals surface area contributed by atoms with Gasteiger partial charge in [-0.25, -0.2) is 15.0 Å². The summed E-state index contributed by atoms with van der Waals surface area (Å²) in [5, 5.41) is 8.56. The summed E-state index contributed by atoms with van der Waals surface area (Å²) < 4.78 is 12.7. The number of rotatable bonds is 3. The quantitative estimate of drug-likeness (QED) is 0.205. The molecule has 10 rings (SSSR count). The highest BCUT2D eigenvalue weighted by Gasteiger charge is 2.21. The minimum atomic E-state index is 0.574. The molecule has 0 unspecified atom stereocenters. The molecular weight excluding hydrogens is 566 g/mol. The Balaban J connectivity index is 1.29. The first-order valence-electron chi connectivity index (χ1n) is 15.3. The summed E-state index contributed by atoms with van der Waals surface area (Å²) in [5.74, 6) is 1.76. The number of hydrogen-bond acceptors (Lipinski definition) is 5. The molecule has 5 nitrogen and oxygen atoms in total. The third kappa shape index (κ3) is 3.79. The number of furan rings is 2. The van der Waals surface area contributed by atoms with E-state index < -0.39 is 0 Å². The fourth-order valence-electron chi connectivity index (χ4n) is 6.72. The predicted molar refractivity (Wildman–Crippen MR) is 186 cm³/mol. The lowest BCUT2D eigenvalue weighted by Gasteiger charge is -2.12. The third-order valence-corrected chi connectivity index (χ3v) is 8.89. The molecule has 0 saturated heterocycles. The van der Waals surface area contributed by atoms with Gasteiger partial charge in [-0.2, -0.15) is 0 Å². The van der Waals surface area contributed by atoms with E-state index >= 15 is 0 Å². The minimum Gasteiger partial charge on any atom is -0.456 e. The molecule has 0 saturated carbocycles. The first-order valence-corrected chi connectivity index (χ1v) is 15.3. The molecule has 5 heteroatoms. The Morgan fingerprint density at radius 2 is 0.913 bits per heavy atom. The van der Waals surface area contributed by atoms with Gasteiger partial charge in [0.1, 0.15) is 22.3 Å². The third-order valence-electron chi connectivity index (χ3n) is 8.89. The Bertz CT molecular complexity index is 2830. The molecule has 0 aliphatic rings. The molecule has 46 heavy (non-hydrogen) atoms. The van der Waals surface area contributed by atoms with E-state index in [4.69, 9.17) is 23.8 Å². The molecule has 0 bridgehead atoms. The van der Waals surface area contributed by atoms with Crippen LogP contribution in [0.2, 0.25) is 0 Å². The van der Waals surface area contributed by atoms with Crippen LogP contribution in [0.5, 0.6) is 0 Å². The van der Waals surface area contributed by atoms with E-state index in [9.17, 15) is 0 Å². The van der Waals surface area contributed by atoms with Crippen molar-refractivity contribution in [3.8, 4) is 34.2 Å². The Labute approximate surface area is 262 Å². The first kappa shape index (κ1) is 25.0. The molecule has 0 radical (unpaired) electrons. The maximum atomic E-state index is 6.39. The molecule has 0 fully saturated rings. The van der Waals surface area contributed by atoms with Gasteiger partial charge in [0.25, 0.3) is 0 Å². The van der Waals surface area contributed by atoms with Crippen LogP contribution in [0.15, 0.2) is 148 Å². The van der Waals surface area contributed by atoms with Crippen LogP contribution in [0.1, 0.15) is 0 Å². The molecule has 0 amide bonds. The Hall–Kier alpha value is -6.33. The Morgan fingerprint density at radius 1 is 0.348 bits per heavy atom. The number of para-hydroxylation sites is 2. The van der Waals surface area contributed by atoms with Crippen molar-refractivity contribution in [2.75, 3.05) is 0 Å². The van der Waals surface area contributed by atoms with Gasteiger partial charge in [0.2, 0.25) is 0 Å². The zero-order valence-electron chi connectivity index (χ0n) is 24.4. The van der Waals surface area contributed by atoms with E-state index in [1.165, 1.54) is 0 Å². The summed E-state index contributed by atoms with van der Waals surface area (Å²) in [4.78, 5) is 15.5. The van der Waals surface area contributed by atoms with Gasteiger partial charge in [-0.05, 0) is 57.9 Å². The predicted octanol–water partition coefficient (Wildman–Crippen LogP) is 11.0. The van der Waals surface area contributed by atoms with Crippen molar-refractivity contribution < 1.29 is 8.83 Å². The van der Waals surface area contributed by atoms with Crippen molar-refractivity contribution in [3.63, 3.8) is 0 Å². The van der Waals surface area contributed by atoms with E-state index in [1.807, 2.05) is 48.5 Å². The van der Waals surface area contributed by atoms with Gasteiger partial charge in [0.05, 0.1) is 0 Å². The smallest absolute Gasteiger partial charge is 0.165 e. The highest BCUT2D eigenvalue weighted by atomic mass is 16.3. The van der Waals surface area contributed by atoms with E-state index in [0.29, 0.717) is 17.5 Å². The number of aromatic nitrogens is 3. The van der Waals surface area contributed by atoms with Crippen molar-refractivity contribution in [1.29, 1.82) is 0 Å². The largest absolute Gasteiger partial charge is 0.456 e. The molecular formula is C41H23N3O2. The second-order valence-electron chi connectivity index (χ2n) is 11.6. The average molecular weight is 590 g/mol. The summed E-state index contributed by atoms with van der Waals surface area (Å²) in [6.45, 7) is 0.